The van der Waals surface area contributed by atoms with Crippen molar-refractivity contribution in [2.75, 3.05) is 0 Å². The second kappa shape index (κ2) is 4.69. The van der Waals surface area contributed by atoms with Crippen molar-refractivity contribution in [3.05, 3.63) is 101 Å². The van der Waals surface area contributed by atoms with Crippen molar-refractivity contribution in [3.63, 3.8) is 0 Å². The monoisotopic (exact) mass is 343 g/mol. The molecular weight excluding hydrogens is 326 g/mol. The van der Waals surface area contributed by atoms with Crippen LogP contribution in [-0.4, -0.2) is 4.57 Å². The van der Waals surface area contributed by atoms with Crippen LogP contribution < -0.4 is 0 Å². The van der Waals surface area contributed by atoms with Gasteiger partial charge in [0.1, 0.15) is 0 Å². The van der Waals surface area contributed by atoms with Crippen LogP contribution in [0.5, 0.6) is 0 Å². The summed E-state index contributed by atoms with van der Waals surface area (Å²) in [5, 5.41) is 2.73. The highest BCUT2D eigenvalue weighted by atomic mass is 15.0. The molecule has 126 valence electrons. The zero-order chi connectivity index (χ0) is 17.5. The summed E-state index contributed by atoms with van der Waals surface area (Å²) in [6.07, 6.45) is 2.08. The Morgan fingerprint density at radius 2 is 1.33 bits per heavy atom. The summed E-state index contributed by atoms with van der Waals surface area (Å²) in [6.45, 7) is 0. The lowest BCUT2D eigenvalue weighted by molar-refractivity contribution is 1.02. The van der Waals surface area contributed by atoms with E-state index < -0.39 is 0 Å². The molecule has 1 heteroatoms. The van der Waals surface area contributed by atoms with Gasteiger partial charge in [0.15, 0.2) is 0 Å². The molecule has 2 heterocycles. The molecule has 0 radical (unpaired) electrons. The van der Waals surface area contributed by atoms with Crippen LogP contribution in [0.1, 0.15) is 22.3 Å². The van der Waals surface area contributed by atoms with Crippen molar-refractivity contribution >= 4 is 21.8 Å². The van der Waals surface area contributed by atoms with Gasteiger partial charge in [-0.3, -0.25) is 0 Å². The van der Waals surface area contributed by atoms with Gasteiger partial charge >= 0.3 is 0 Å². The molecular formula is C26H17N. The Morgan fingerprint density at radius 1 is 0.556 bits per heavy atom. The SMILES string of the molecule is c1ccc2c(c1)Cc1c-2ccc2c1Cc1cccc3c4ccccc4n-2c13. The standard InChI is InChI=1S/C26H17N/c1-2-8-18-16(6-1)14-22-19(18)12-13-25-23(22)15-17-7-5-10-21-20-9-3-4-11-24(20)27(25)26(17)21/h1-13H,14-15H2. The van der Waals surface area contributed by atoms with Crippen LogP contribution >= 0.6 is 0 Å². The molecule has 0 unspecified atom stereocenters. The van der Waals surface area contributed by atoms with Crippen molar-refractivity contribution in [2.24, 2.45) is 0 Å². The van der Waals surface area contributed by atoms with Gasteiger partial charge in [-0.25, -0.2) is 0 Å². The van der Waals surface area contributed by atoms with Gasteiger partial charge in [0.05, 0.1) is 16.7 Å². The quantitative estimate of drug-likeness (QED) is 0.306. The molecule has 7 rings (SSSR count). The number of aromatic nitrogens is 1. The van der Waals surface area contributed by atoms with Crippen molar-refractivity contribution in [3.8, 4) is 16.8 Å². The van der Waals surface area contributed by atoms with E-state index in [9.17, 15) is 0 Å². The van der Waals surface area contributed by atoms with Gasteiger partial charge in [-0.1, -0.05) is 66.7 Å². The third kappa shape index (κ3) is 1.61. The van der Waals surface area contributed by atoms with Gasteiger partial charge in [-0.2, -0.15) is 0 Å². The molecule has 0 spiro atoms. The van der Waals surface area contributed by atoms with Crippen LogP contribution in [0.15, 0.2) is 78.9 Å². The Balaban J connectivity index is 1.63. The lowest BCUT2D eigenvalue weighted by Crippen LogP contribution is -2.10. The van der Waals surface area contributed by atoms with Crippen LogP contribution in [-0.2, 0) is 12.8 Å². The fourth-order valence-corrected chi connectivity index (χ4v) is 5.34. The highest BCUT2D eigenvalue weighted by molar-refractivity contribution is 6.11. The third-order valence-corrected chi connectivity index (χ3v) is 6.47. The van der Waals surface area contributed by atoms with Gasteiger partial charge in [0.25, 0.3) is 0 Å². The molecule has 1 aliphatic carbocycles. The highest BCUT2D eigenvalue weighted by Crippen LogP contribution is 2.45. The predicted octanol–water partition coefficient (Wildman–Crippen LogP) is 6.26. The summed E-state index contributed by atoms with van der Waals surface area (Å²) in [7, 11) is 0. The van der Waals surface area contributed by atoms with E-state index in [4.69, 9.17) is 0 Å². The molecule has 0 N–H and O–H groups in total. The number of nitrogens with zero attached hydrogens (tertiary/aromatic N) is 1. The van der Waals surface area contributed by atoms with Crippen LogP contribution in [0.25, 0.3) is 38.6 Å². The Morgan fingerprint density at radius 3 is 2.33 bits per heavy atom. The van der Waals surface area contributed by atoms with Crippen LogP contribution in [0, 0.1) is 0 Å². The first-order chi connectivity index (χ1) is 13.4. The van der Waals surface area contributed by atoms with Crippen molar-refractivity contribution in [2.45, 2.75) is 12.8 Å². The molecule has 5 aromatic rings. The third-order valence-electron chi connectivity index (χ3n) is 6.47. The summed E-state index contributed by atoms with van der Waals surface area (Å²) in [4.78, 5) is 0. The number of para-hydroxylation sites is 2. The van der Waals surface area contributed by atoms with Crippen LogP contribution in [0.2, 0.25) is 0 Å². The highest BCUT2D eigenvalue weighted by Gasteiger charge is 2.28. The van der Waals surface area contributed by atoms with E-state index in [-0.39, 0.29) is 0 Å². The lowest BCUT2D eigenvalue weighted by Gasteiger charge is -2.23. The molecule has 1 aromatic heterocycles. The fraction of sp³-hybridized carbons (Fsp3) is 0.0769. The van der Waals surface area contributed by atoms with E-state index in [1.165, 1.54) is 60.9 Å². The number of hydrogen-bond acceptors (Lipinski definition) is 0. The van der Waals surface area contributed by atoms with Gasteiger partial charge in [-0.05, 0) is 51.9 Å². The normalized spacial score (nSPS) is 13.6. The number of fused-ring (bicyclic) bond motifs is 9. The maximum atomic E-state index is 2.50. The topological polar surface area (TPSA) is 4.93 Å². The molecule has 0 bridgehead atoms. The summed E-state index contributed by atoms with van der Waals surface area (Å²) in [6, 6.07) is 29.2. The van der Waals surface area contributed by atoms with Gasteiger partial charge in [0.2, 0.25) is 0 Å². The smallest absolute Gasteiger partial charge is 0.0576 e. The fourth-order valence-electron chi connectivity index (χ4n) is 5.34. The molecule has 1 nitrogen and oxygen atoms in total. The van der Waals surface area contributed by atoms with Gasteiger partial charge in [-0.15, -0.1) is 0 Å². The largest absolute Gasteiger partial charge is 0.309 e. The summed E-state index contributed by atoms with van der Waals surface area (Å²) >= 11 is 0. The second-order valence-corrected chi connectivity index (χ2v) is 7.77. The molecule has 27 heavy (non-hydrogen) atoms. The molecule has 0 amide bonds. The van der Waals surface area contributed by atoms with E-state index in [1.54, 1.807) is 0 Å². The van der Waals surface area contributed by atoms with Gasteiger partial charge < -0.3 is 4.57 Å². The van der Waals surface area contributed by atoms with Crippen molar-refractivity contribution in [1.29, 1.82) is 0 Å². The van der Waals surface area contributed by atoms with E-state index in [0.29, 0.717) is 0 Å². The minimum absolute atomic E-state index is 1.03. The Bertz CT molecular complexity index is 1420. The summed E-state index contributed by atoms with van der Waals surface area (Å²) in [5.74, 6) is 0. The Kier molecular flexibility index (Phi) is 2.40. The number of benzene rings is 4. The van der Waals surface area contributed by atoms with Crippen molar-refractivity contribution < 1.29 is 0 Å². The second-order valence-electron chi connectivity index (χ2n) is 7.77. The maximum Gasteiger partial charge on any atom is 0.0576 e. The first-order valence-corrected chi connectivity index (χ1v) is 9.64. The molecule has 0 saturated carbocycles. The minimum atomic E-state index is 1.03. The van der Waals surface area contributed by atoms with Gasteiger partial charge in [0, 0.05) is 17.2 Å². The first-order valence-electron chi connectivity index (χ1n) is 9.64. The molecule has 1 aliphatic heterocycles. The predicted molar refractivity (Wildman–Crippen MR) is 112 cm³/mol. The van der Waals surface area contributed by atoms with E-state index in [1.807, 2.05) is 0 Å². The summed E-state index contributed by atoms with van der Waals surface area (Å²) < 4.78 is 2.50. The zero-order valence-corrected chi connectivity index (χ0v) is 14.9. The first kappa shape index (κ1) is 13.8. The lowest BCUT2D eigenvalue weighted by atomic mass is 9.91. The molecule has 0 atom stereocenters. The zero-order valence-electron chi connectivity index (χ0n) is 14.9. The maximum absolute atomic E-state index is 2.50. The van der Waals surface area contributed by atoms with Crippen molar-refractivity contribution in [1.82, 2.24) is 4.57 Å². The Labute approximate surface area is 157 Å². The van der Waals surface area contributed by atoms with Crippen LogP contribution in [0.3, 0.4) is 0 Å². The number of hydrogen-bond donors (Lipinski definition) is 0. The van der Waals surface area contributed by atoms with E-state index in [2.05, 4.69) is 83.4 Å². The molecule has 0 saturated heterocycles. The molecule has 0 fully saturated rings. The van der Waals surface area contributed by atoms with E-state index >= 15 is 0 Å². The average molecular weight is 343 g/mol. The Hall–Kier alpha value is -3.32. The number of rotatable bonds is 0. The van der Waals surface area contributed by atoms with Crippen LogP contribution in [0.4, 0.5) is 0 Å². The summed E-state index contributed by atoms with van der Waals surface area (Å²) in [5.41, 5.74) is 12.8. The average Bonchev–Trinajstić information content (AvgIpc) is 3.26. The van der Waals surface area contributed by atoms with E-state index in [0.717, 1.165) is 12.8 Å². The molecule has 2 aliphatic rings. The minimum Gasteiger partial charge on any atom is -0.309 e. The molecule has 4 aromatic carbocycles.